The van der Waals surface area contributed by atoms with Crippen molar-refractivity contribution in [2.45, 2.75) is 26.3 Å². The minimum atomic E-state index is 0.645. The van der Waals surface area contributed by atoms with E-state index in [-0.39, 0.29) is 0 Å². The number of aryl methyl sites for hydroxylation is 2. The highest BCUT2D eigenvalue weighted by Crippen LogP contribution is 2.12. The molecule has 0 radical (unpaired) electrons. The number of imidazole rings is 1. The Labute approximate surface area is 113 Å². The summed E-state index contributed by atoms with van der Waals surface area (Å²) in [5.74, 6) is 1.55. The van der Waals surface area contributed by atoms with Gasteiger partial charge in [-0.15, -0.1) is 0 Å². The first-order valence-electron chi connectivity index (χ1n) is 6.50. The molecule has 2 aromatic rings. The Morgan fingerprint density at radius 3 is 2.95 bits per heavy atom. The van der Waals surface area contributed by atoms with Gasteiger partial charge in [0, 0.05) is 44.3 Å². The maximum atomic E-state index is 4.39. The molecule has 102 valence electrons. The Kier molecular flexibility index (Phi) is 4.72. The van der Waals surface area contributed by atoms with Crippen LogP contribution in [0.2, 0.25) is 0 Å². The van der Waals surface area contributed by atoms with Crippen molar-refractivity contribution in [1.82, 2.24) is 19.5 Å². The maximum Gasteiger partial charge on any atom is 0.224 e. The second kappa shape index (κ2) is 6.72. The summed E-state index contributed by atoms with van der Waals surface area (Å²) in [6.45, 7) is 3.93. The van der Waals surface area contributed by atoms with E-state index >= 15 is 0 Å². The summed E-state index contributed by atoms with van der Waals surface area (Å²) < 4.78 is 2.09. The highest BCUT2D eigenvalue weighted by molar-refractivity contribution is 5.46. The lowest BCUT2D eigenvalue weighted by Gasteiger charge is -2.09. The molecule has 0 unspecified atom stereocenters. The van der Waals surface area contributed by atoms with Gasteiger partial charge in [0.05, 0.1) is 6.33 Å². The van der Waals surface area contributed by atoms with Crippen LogP contribution in [0, 0.1) is 6.92 Å². The molecule has 0 atom stereocenters. The molecule has 6 heteroatoms. The van der Waals surface area contributed by atoms with Gasteiger partial charge in [0.25, 0.3) is 0 Å². The molecule has 6 nitrogen and oxygen atoms in total. The van der Waals surface area contributed by atoms with Crippen molar-refractivity contribution in [3.63, 3.8) is 0 Å². The van der Waals surface area contributed by atoms with E-state index in [1.807, 2.05) is 38.9 Å². The van der Waals surface area contributed by atoms with Crippen LogP contribution in [-0.4, -0.2) is 33.1 Å². The quantitative estimate of drug-likeness (QED) is 0.744. The predicted molar refractivity (Wildman–Crippen MR) is 76.3 cm³/mol. The van der Waals surface area contributed by atoms with Gasteiger partial charge in [-0.3, -0.25) is 0 Å². The fourth-order valence-electron chi connectivity index (χ4n) is 1.79. The highest BCUT2D eigenvalue weighted by atomic mass is 15.1. The summed E-state index contributed by atoms with van der Waals surface area (Å²) in [6.07, 6.45) is 9.68. The van der Waals surface area contributed by atoms with Gasteiger partial charge in [0.15, 0.2) is 0 Å². The summed E-state index contributed by atoms with van der Waals surface area (Å²) in [5, 5.41) is 6.29. The molecule has 0 aliphatic carbocycles. The normalized spacial score (nSPS) is 10.4. The number of nitrogens with one attached hydrogen (secondary N) is 2. The van der Waals surface area contributed by atoms with Crippen molar-refractivity contribution in [3.8, 4) is 0 Å². The molecule has 0 saturated carbocycles. The maximum absolute atomic E-state index is 4.39. The smallest absolute Gasteiger partial charge is 0.224 e. The Bertz CT molecular complexity index is 494. The van der Waals surface area contributed by atoms with E-state index in [0.29, 0.717) is 5.95 Å². The largest absolute Gasteiger partial charge is 0.370 e. The fraction of sp³-hybridized carbons (Fsp3) is 0.462. The molecule has 19 heavy (non-hydrogen) atoms. The fourth-order valence-corrected chi connectivity index (χ4v) is 1.79. The third-order valence-electron chi connectivity index (χ3n) is 2.89. The van der Waals surface area contributed by atoms with Crippen LogP contribution in [-0.2, 0) is 6.54 Å². The molecular weight excluding hydrogens is 240 g/mol. The van der Waals surface area contributed by atoms with E-state index in [0.717, 1.165) is 37.3 Å². The second-order valence-corrected chi connectivity index (χ2v) is 4.41. The summed E-state index contributed by atoms with van der Waals surface area (Å²) in [6, 6.07) is 0. The Hall–Kier alpha value is -2.11. The lowest BCUT2D eigenvalue weighted by atomic mass is 10.3. The Morgan fingerprint density at radius 2 is 2.21 bits per heavy atom. The first-order chi connectivity index (χ1) is 9.29. The summed E-state index contributed by atoms with van der Waals surface area (Å²) in [7, 11) is 1.82. The predicted octanol–water partition coefficient (Wildman–Crippen LogP) is 1.92. The van der Waals surface area contributed by atoms with E-state index in [4.69, 9.17) is 0 Å². The van der Waals surface area contributed by atoms with Gasteiger partial charge >= 0.3 is 0 Å². The van der Waals surface area contributed by atoms with Crippen molar-refractivity contribution < 1.29 is 0 Å². The van der Waals surface area contributed by atoms with Gasteiger partial charge in [-0.25, -0.2) is 9.97 Å². The Balaban J connectivity index is 1.73. The van der Waals surface area contributed by atoms with E-state index in [1.165, 1.54) is 0 Å². The molecular formula is C13H20N6. The van der Waals surface area contributed by atoms with Crippen LogP contribution in [0.1, 0.15) is 18.4 Å². The minimum Gasteiger partial charge on any atom is -0.370 e. The number of unbranched alkanes of at least 4 members (excludes halogenated alkanes) is 1. The molecule has 2 aromatic heterocycles. The number of aromatic nitrogens is 4. The summed E-state index contributed by atoms with van der Waals surface area (Å²) >= 11 is 0. The summed E-state index contributed by atoms with van der Waals surface area (Å²) in [5.41, 5.74) is 1.06. The first-order valence-corrected chi connectivity index (χ1v) is 6.50. The molecule has 2 heterocycles. The second-order valence-electron chi connectivity index (χ2n) is 4.41. The third-order valence-corrected chi connectivity index (χ3v) is 2.89. The van der Waals surface area contributed by atoms with Gasteiger partial charge in [-0.05, 0) is 19.8 Å². The lowest BCUT2D eigenvalue weighted by Crippen LogP contribution is -2.08. The van der Waals surface area contributed by atoms with Gasteiger partial charge in [-0.1, -0.05) is 0 Å². The van der Waals surface area contributed by atoms with Crippen molar-refractivity contribution >= 4 is 11.8 Å². The molecule has 0 aliphatic rings. The monoisotopic (exact) mass is 260 g/mol. The van der Waals surface area contributed by atoms with E-state index < -0.39 is 0 Å². The van der Waals surface area contributed by atoms with Crippen LogP contribution in [0.15, 0.2) is 24.9 Å². The highest BCUT2D eigenvalue weighted by Gasteiger charge is 2.01. The lowest BCUT2D eigenvalue weighted by molar-refractivity contribution is 0.620. The standard InChI is InChI=1S/C13H20N6/c1-11-9-17-13(14-2)18-12(11)16-5-3-4-7-19-8-6-15-10-19/h6,8-10H,3-5,7H2,1-2H3,(H2,14,16,17,18). The Morgan fingerprint density at radius 1 is 1.32 bits per heavy atom. The minimum absolute atomic E-state index is 0.645. The number of rotatable bonds is 7. The average Bonchev–Trinajstić information content (AvgIpc) is 2.93. The summed E-state index contributed by atoms with van der Waals surface area (Å²) in [4.78, 5) is 12.6. The van der Waals surface area contributed by atoms with Crippen LogP contribution in [0.5, 0.6) is 0 Å². The van der Waals surface area contributed by atoms with Gasteiger partial charge < -0.3 is 15.2 Å². The van der Waals surface area contributed by atoms with Crippen LogP contribution >= 0.6 is 0 Å². The molecule has 2 rings (SSSR count). The zero-order chi connectivity index (χ0) is 13.5. The topological polar surface area (TPSA) is 67.7 Å². The molecule has 0 fully saturated rings. The zero-order valence-electron chi connectivity index (χ0n) is 11.4. The zero-order valence-corrected chi connectivity index (χ0v) is 11.4. The number of hydrogen-bond acceptors (Lipinski definition) is 5. The number of nitrogens with zero attached hydrogens (tertiary/aromatic N) is 4. The van der Waals surface area contributed by atoms with Crippen LogP contribution in [0.3, 0.4) is 0 Å². The third kappa shape index (κ3) is 3.94. The van der Waals surface area contributed by atoms with Crippen LogP contribution in [0.4, 0.5) is 11.8 Å². The number of anilines is 2. The molecule has 0 spiro atoms. The molecule has 0 amide bonds. The van der Waals surface area contributed by atoms with Gasteiger partial charge in [-0.2, -0.15) is 4.98 Å². The molecule has 0 bridgehead atoms. The van der Waals surface area contributed by atoms with E-state index in [9.17, 15) is 0 Å². The molecule has 2 N–H and O–H groups in total. The first kappa shape index (κ1) is 13.3. The van der Waals surface area contributed by atoms with Crippen molar-refractivity contribution in [2.75, 3.05) is 24.2 Å². The van der Waals surface area contributed by atoms with Crippen molar-refractivity contribution in [2.24, 2.45) is 0 Å². The average molecular weight is 260 g/mol. The molecule has 0 saturated heterocycles. The molecule has 0 aliphatic heterocycles. The van der Waals surface area contributed by atoms with Gasteiger partial charge in [0.2, 0.25) is 5.95 Å². The van der Waals surface area contributed by atoms with Crippen molar-refractivity contribution in [1.29, 1.82) is 0 Å². The number of hydrogen-bond donors (Lipinski definition) is 2. The molecule has 0 aromatic carbocycles. The van der Waals surface area contributed by atoms with Crippen LogP contribution in [0.25, 0.3) is 0 Å². The van der Waals surface area contributed by atoms with Crippen LogP contribution < -0.4 is 10.6 Å². The van der Waals surface area contributed by atoms with Crippen molar-refractivity contribution in [3.05, 3.63) is 30.5 Å². The van der Waals surface area contributed by atoms with E-state index in [2.05, 4.69) is 30.2 Å². The van der Waals surface area contributed by atoms with Gasteiger partial charge in [0.1, 0.15) is 5.82 Å². The SMILES string of the molecule is CNc1ncc(C)c(NCCCCn2ccnc2)n1. The van der Waals surface area contributed by atoms with E-state index in [1.54, 1.807) is 0 Å².